The lowest BCUT2D eigenvalue weighted by Crippen LogP contribution is -2.43. The first kappa shape index (κ1) is 23.6. The summed E-state index contributed by atoms with van der Waals surface area (Å²) in [7, 11) is 0. The summed E-state index contributed by atoms with van der Waals surface area (Å²) in [4.78, 5) is 15.9. The van der Waals surface area contributed by atoms with Gasteiger partial charge in [0.1, 0.15) is 18.9 Å². The van der Waals surface area contributed by atoms with E-state index in [0.29, 0.717) is 24.2 Å². The molecule has 4 heterocycles. The van der Waals surface area contributed by atoms with E-state index in [9.17, 15) is 18.0 Å². The minimum Gasteiger partial charge on any atom is -0.491 e. The second-order valence-corrected chi connectivity index (χ2v) is 8.97. The van der Waals surface area contributed by atoms with Gasteiger partial charge in [-0.3, -0.25) is 9.69 Å². The van der Waals surface area contributed by atoms with Crippen LogP contribution in [-0.4, -0.2) is 84.0 Å². The van der Waals surface area contributed by atoms with E-state index < -0.39 is 18.6 Å². The van der Waals surface area contributed by atoms with Crippen molar-refractivity contribution in [2.75, 3.05) is 52.5 Å². The molecule has 0 bridgehead atoms. The van der Waals surface area contributed by atoms with Crippen LogP contribution in [0.15, 0.2) is 36.7 Å². The number of halogens is 3. The molecule has 2 aliphatic heterocycles. The van der Waals surface area contributed by atoms with Crippen molar-refractivity contribution in [1.82, 2.24) is 19.4 Å². The highest BCUT2D eigenvalue weighted by atomic mass is 19.4. The number of carbonyl (C=O) groups excluding carboxylic acids is 1. The Morgan fingerprint density at radius 2 is 1.94 bits per heavy atom. The first-order valence-electron chi connectivity index (χ1n) is 11.7. The van der Waals surface area contributed by atoms with Crippen molar-refractivity contribution in [3.63, 3.8) is 0 Å². The van der Waals surface area contributed by atoms with E-state index in [4.69, 9.17) is 9.47 Å². The van der Waals surface area contributed by atoms with Gasteiger partial charge in [-0.2, -0.15) is 18.3 Å². The van der Waals surface area contributed by atoms with Crippen molar-refractivity contribution in [2.24, 2.45) is 0 Å². The number of rotatable bonds is 6. The van der Waals surface area contributed by atoms with Crippen LogP contribution in [0.3, 0.4) is 0 Å². The molecule has 0 spiro atoms. The summed E-state index contributed by atoms with van der Waals surface area (Å²) in [5.41, 5.74) is 4.46. The quantitative estimate of drug-likeness (QED) is 0.531. The number of carbonyl (C=O) groups is 1. The van der Waals surface area contributed by atoms with Crippen LogP contribution in [0, 0.1) is 6.92 Å². The molecule has 0 atom stereocenters. The number of ether oxygens (including phenoxy) is 2. The molecule has 7 nitrogen and oxygen atoms in total. The Hall–Kier alpha value is -3.11. The van der Waals surface area contributed by atoms with Gasteiger partial charge in [0.15, 0.2) is 0 Å². The number of amides is 1. The Morgan fingerprint density at radius 3 is 2.71 bits per heavy atom. The third-order valence-electron chi connectivity index (χ3n) is 6.52. The molecule has 0 unspecified atom stereocenters. The van der Waals surface area contributed by atoms with Crippen LogP contribution < -0.4 is 4.74 Å². The van der Waals surface area contributed by atoms with Gasteiger partial charge in [-0.25, -0.2) is 4.52 Å². The topological polar surface area (TPSA) is 59.3 Å². The summed E-state index contributed by atoms with van der Waals surface area (Å²) in [5, 5.41) is 4.47. The maximum Gasteiger partial charge on any atom is 0.406 e. The lowest BCUT2D eigenvalue weighted by molar-refractivity contribution is -0.141. The van der Waals surface area contributed by atoms with Gasteiger partial charge in [0.2, 0.25) is 0 Å². The number of fused-ring (bicyclic) bond motifs is 2. The number of benzene rings is 1. The zero-order chi connectivity index (χ0) is 24.6. The highest BCUT2D eigenvalue weighted by Crippen LogP contribution is 2.33. The number of alkyl halides is 3. The molecule has 2 aromatic heterocycles. The number of aromatic nitrogens is 2. The van der Waals surface area contributed by atoms with Gasteiger partial charge in [0, 0.05) is 37.3 Å². The third kappa shape index (κ3) is 5.13. The van der Waals surface area contributed by atoms with Crippen LogP contribution >= 0.6 is 0 Å². The van der Waals surface area contributed by atoms with E-state index in [1.165, 1.54) is 0 Å². The van der Waals surface area contributed by atoms with Gasteiger partial charge in [0.05, 0.1) is 31.1 Å². The number of aryl methyl sites for hydroxylation is 1. The highest BCUT2D eigenvalue weighted by Gasteiger charge is 2.36. The summed E-state index contributed by atoms with van der Waals surface area (Å²) in [6, 6.07) is 7.59. The van der Waals surface area contributed by atoms with Crippen LogP contribution in [0.4, 0.5) is 13.2 Å². The molecular formula is C25H27F3N4O3. The van der Waals surface area contributed by atoms with Crippen LogP contribution in [0.1, 0.15) is 21.5 Å². The number of pyridine rings is 1. The fraction of sp³-hybridized carbons (Fsp3) is 0.440. The Bertz CT molecular complexity index is 1230. The van der Waals surface area contributed by atoms with Gasteiger partial charge >= 0.3 is 6.18 Å². The number of morpholine rings is 1. The Balaban J connectivity index is 1.33. The first-order valence-corrected chi connectivity index (χ1v) is 11.7. The van der Waals surface area contributed by atoms with Crippen molar-refractivity contribution >= 4 is 11.4 Å². The standard InChI is InChI=1S/C25H27F3N4O3/c1-17-12-19(13-18-4-5-31(16-25(26,27)28)24(33)23(17)18)21-14-29-32-15-20(2-3-22(21)32)35-11-8-30-6-9-34-10-7-30/h2-3,12-15H,4-11,16H2,1H3. The molecule has 2 aliphatic rings. The summed E-state index contributed by atoms with van der Waals surface area (Å²) >= 11 is 0. The number of nitrogens with zero attached hydrogens (tertiary/aromatic N) is 4. The van der Waals surface area contributed by atoms with Crippen molar-refractivity contribution < 1.29 is 27.4 Å². The molecule has 0 N–H and O–H groups in total. The van der Waals surface area contributed by atoms with E-state index in [-0.39, 0.29) is 6.54 Å². The summed E-state index contributed by atoms with van der Waals surface area (Å²) < 4.78 is 51.6. The number of hydrogen-bond donors (Lipinski definition) is 0. The van der Waals surface area contributed by atoms with Crippen molar-refractivity contribution in [1.29, 1.82) is 0 Å². The third-order valence-corrected chi connectivity index (χ3v) is 6.52. The first-order chi connectivity index (χ1) is 16.8. The maximum absolute atomic E-state index is 12.9. The smallest absolute Gasteiger partial charge is 0.406 e. The molecule has 10 heteroatoms. The molecule has 3 aromatic rings. The summed E-state index contributed by atoms with van der Waals surface area (Å²) in [6.07, 6.45) is -0.439. The predicted octanol–water partition coefficient (Wildman–Crippen LogP) is 3.58. The zero-order valence-corrected chi connectivity index (χ0v) is 19.5. The average molecular weight is 489 g/mol. The molecule has 1 saturated heterocycles. The molecule has 0 saturated carbocycles. The maximum atomic E-state index is 12.9. The molecule has 186 valence electrons. The van der Waals surface area contributed by atoms with Gasteiger partial charge in [0.25, 0.3) is 5.91 Å². The monoisotopic (exact) mass is 488 g/mol. The molecule has 35 heavy (non-hydrogen) atoms. The van der Waals surface area contributed by atoms with Crippen molar-refractivity contribution in [3.8, 4) is 16.9 Å². The van der Waals surface area contributed by atoms with Gasteiger partial charge in [-0.1, -0.05) is 12.1 Å². The molecule has 1 aromatic carbocycles. The van der Waals surface area contributed by atoms with Crippen LogP contribution in [-0.2, 0) is 11.2 Å². The van der Waals surface area contributed by atoms with Crippen LogP contribution in [0.5, 0.6) is 5.75 Å². The minimum atomic E-state index is -4.41. The highest BCUT2D eigenvalue weighted by molar-refractivity contribution is 5.99. The molecule has 1 amide bonds. The summed E-state index contributed by atoms with van der Waals surface area (Å²) in [5.74, 6) is 0.156. The second kappa shape index (κ2) is 9.50. The fourth-order valence-corrected chi connectivity index (χ4v) is 4.79. The minimum absolute atomic E-state index is 0.0497. The van der Waals surface area contributed by atoms with E-state index in [2.05, 4.69) is 10.00 Å². The lowest BCUT2D eigenvalue weighted by Gasteiger charge is -2.30. The zero-order valence-electron chi connectivity index (χ0n) is 19.5. The Kier molecular flexibility index (Phi) is 6.41. The van der Waals surface area contributed by atoms with Gasteiger partial charge in [-0.05, 0) is 42.2 Å². The Morgan fingerprint density at radius 1 is 1.14 bits per heavy atom. The van der Waals surface area contributed by atoms with Crippen LogP contribution in [0.25, 0.3) is 16.6 Å². The molecule has 5 rings (SSSR count). The SMILES string of the molecule is Cc1cc(-c2cnn3cc(OCCN4CCOCC4)ccc23)cc2c1C(=O)N(CC(F)(F)F)CC2. The van der Waals surface area contributed by atoms with Crippen molar-refractivity contribution in [2.45, 2.75) is 19.5 Å². The molecule has 1 fully saturated rings. The van der Waals surface area contributed by atoms with E-state index in [1.54, 1.807) is 17.6 Å². The Labute approximate surface area is 201 Å². The van der Waals surface area contributed by atoms with Gasteiger partial charge in [-0.15, -0.1) is 0 Å². The normalized spacial score (nSPS) is 17.1. The fourth-order valence-electron chi connectivity index (χ4n) is 4.79. The predicted molar refractivity (Wildman–Crippen MR) is 124 cm³/mol. The molecular weight excluding hydrogens is 461 g/mol. The van der Waals surface area contributed by atoms with E-state index in [0.717, 1.165) is 65.7 Å². The lowest BCUT2D eigenvalue weighted by atomic mass is 9.90. The number of hydrogen-bond acceptors (Lipinski definition) is 5. The largest absolute Gasteiger partial charge is 0.491 e. The molecule has 0 radical (unpaired) electrons. The summed E-state index contributed by atoms with van der Waals surface area (Å²) in [6.45, 7) is 5.33. The van der Waals surface area contributed by atoms with Crippen molar-refractivity contribution in [3.05, 3.63) is 53.3 Å². The van der Waals surface area contributed by atoms with E-state index in [1.807, 2.05) is 30.5 Å². The van der Waals surface area contributed by atoms with Gasteiger partial charge < -0.3 is 14.4 Å². The van der Waals surface area contributed by atoms with Crippen LogP contribution in [0.2, 0.25) is 0 Å². The average Bonchev–Trinajstić information content (AvgIpc) is 3.24. The van der Waals surface area contributed by atoms with E-state index >= 15 is 0 Å². The molecule has 0 aliphatic carbocycles. The second-order valence-electron chi connectivity index (χ2n) is 8.97.